The number of hydrogen-bond donors (Lipinski definition) is 0. The molecule has 0 amide bonds. The van der Waals surface area contributed by atoms with Crippen LogP contribution in [0.25, 0.3) is 11.3 Å². The molecule has 2 aromatic rings. The molecule has 3 nitrogen and oxygen atoms in total. The summed E-state index contributed by atoms with van der Waals surface area (Å²) < 4.78 is 0. The Morgan fingerprint density at radius 2 is 1.83 bits per heavy atom. The van der Waals surface area contributed by atoms with E-state index in [1.54, 1.807) is 0 Å². The minimum Gasteiger partial charge on any atom is -0.221 e. The van der Waals surface area contributed by atoms with E-state index in [0.717, 1.165) is 5.56 Å². The van der Waals surface area contributed by atoms with Crippen LogP contribution in [0.15, 0.2) is 30.3 Å². The Bertz CT molecular complexity index is 600. The molecule has 1 aromatic heterocycles. The fourth-order valence-corrected chi connectivity index (χ4v) is 1.96. The van der Waals surface area contributed by atoms with E-state index in [1.807, 2.05) is 44.2 Å². The first-order valence-electron chi connectivity index (χ1n) is 5.66. The first-order valence-corrected chi connectivity index (χ1v) is 6.04. The third-order valence-corrected chi connectivity index (χ3v) is 2.78. The fourth-order valence-electron chi connectivity index (χ4n) is 1.78. The molecule has 2 rings (SSSR count). The molecule has 1 aromatic carbocycles. The number of nitrogens with zero attached hydrogens (tertiary/aromatic N) is 3. The van der Waals surface area contributed by atoms with E-state index in [2.05, 4.69) is 16.0 Å². The second-order valence-corrected chi connectivity index (χ2v) is 4.57. The summed E-state index contributed by atoms with van der Waals surface area (Å²) in [6.45, 7) is 3.96. The van der Waals surface area contributed by atoms with Gasteiger partial charge >= 0.3 is 0 Å². The third-order valence-electron chi connectivity index (χ3n) is 2.62. The van der Waals surface area contributed by atoms with E-state index in [-0.39, 0.29) is 11.2 Å². The summed E-state index contributed by atoms with van der Waals surface area (Å²) in [7, 11) is 0. The first kappa shape index (κ1) is 12.5. The van der Waals surface area contributed by atoms with Gasteiger partial charge in [0.15, 0.2) is 0 Å². The van der Waals surface area contributed by atoms with Crippen molar-refractivity contribution in [2.24, 2.45) is 0 Å². The smallest absolute Gasteiger partial charge is 0.221 e. The van der Waals surface area contributed by atoms with Crippen LogP contribution in [0.4, 0.5) is 0 Å². The molecular weight excluding hydrogens is 246 g/mol. The average Bonchev–Trinajstić information content (AvgIpc) is 2.38. The lowest BCUT2D eigenvalue weighted by Gasteiger charge is -2.11. The van der Waals surface area contributed by atoms with Crippen LogP contribution in [0.3, 0.4) is 0 Å². The van der Waals surface area contributed by atoms with E-state index in [9.17, 15) is 5.26 Å². The molecule has 0 saturated carbocycles. The van der Waals surface area contributed by atoms with Gasteiger partial charge in [0, 0.05) is 5.56 Å². The summed E-state index contributed by atoms with van der Waals surface area (Å²) in [6, 6.07) is 11.7. The summed E-state index contributed by atoms with van der Waals surface area (Å²) >= 11 is 5.94. The van der Waals surface area contributed by atoms with Gasteiger partial charge in [0.2, 0.25) is 5.28 Å². The topological polar surface area (TPSA) is 49.6 Å². The minimum atomic E-state index is 0.127. The van der Waals surface area contributed by atoms with Gasteiger partial charge < -0.3 is 0 Å². The van der Waals surface area contributed by atoms with Crippen LogP contribution in [0, 0.1) is 11.3 Å². The lowest BCUT2D eigenvalue weighted by molar-refractivity contribution is 0.810. The number of halogens is 1. The average molecular weight is 258 g/mol. The Kier molecular flexibility index (Phi) is 3.59. The molecule has 4 heteroatoms. The quantitative estimate of drug-likeness (QED) is 0.769. The van der Waals surface area contributed by atoms with Gasteiger partial charge in [0.25, 0.3) is 0 Å². The van der Waals surface area contributed by atoms with Crippen molar-refractivity contribution in [1.29, 1.82) is 5.26 Å². The van der Waals surface area contributed by atoms with Crippen molar-refractivity contribution < 1.29 is 0 Å². The molecule has 0 N–H and O–H groups in total. The Morgan fingerprint density at radius 3 is 2.39 bits per heavy atom. The maximum Gasteiger partial charge on any atom is 0.223 e. The van der Waals surface area contributed by atoms with Crippen molar-refractivity contribution in [2.75, 3.05) is 0 Å². The SMILES string of the molecule is CC(C)c1nc(Cl)nc(-c2ccccc2)c1C#N. The van der Waals surface area contributed by atoms with E-state index in [1.165, 1.54) is 0 Å². The standard InChI is InChI=1S/C14H12ClN3/c1-9(2)12-11(8-16)13(18-14(15)17-12)10-6-4-3-5-7-10/h3-7,9H,1-2H3. The zero-order chi connectivity index (χ0) is 13.1. The zero-order valence-corrected chi connectivity index (χ0v) is 10.9. The summed E-state index contributed by atoms with van der Waals surface area (Å²) in [5.41, 5.74) is 2.67. The summed E-state index contributed by atoms with van der Waals surface area (Å²) in [5, 5.41) is 9.50. The number of rotatable bonds is 2. The highest BCUT2D eigenvalue weighted by molar-refractivity contribution is 6.28. The van der Waals surface area contributed by atoms with Crippen molar-refractivity contribution >= 4 is 11.6 Å². The van der Waals surface area contributed by atoms with Crippen molar-refractivity contribution in [3.05, 3.63) is 46.9 Å². The highest BCUT2D eigenvalue weighted by Gasteiger charge is 2.17. The van der Waals surface area contributed by atoms with E-state index in [0.29, 0.717) is 17.0 Å². The molecule has 0 saturated heterocycles. The van der Waals surface area contributed by atoms with Crippen LogP contribution >= 0.6 is 11.6 Å². The molecule has 0 fully saturated rings. The molecule has 0 radical (unpaired) electrons. The molecule has 18 heavy (non-hydrogen) atoms. The van der Waals surface area contributed by atoms with Gasteiger partial charge in [-0.1, -0.05) is 44.2 Å². The molecule has 1 heterocycles. The number of aromatic nitrogens is 2. The molecule has 0 aliphatic carbocycles. The minimum absolute atomic E-state index is 0.127. The Hall–Kier alpha value is -1.92. The lowest BCUT2D eigenvalue weighted by atomic mass is 10.00. The number of nitriles is 1. The Balaban J connectivity index is 2.72. The zero-order valence-electron chi connectivity index (χ0n) is 10.2. The van der Waals surface area contributed by atoms with Crippen LogP contribution in [0.2, 0.25) is 5.28 Å². The van der Waals surface area contributed by atoms with Gasteiger partial charge in [-0.05, 0) is 17.5 Å². The molecule has 0 unspecified atom stereocenters. The first-order chi connectivity index (χ1) is 8.63. The maximum absolute atomic E-state index is 9.33. The molecule has 0 aliphatic rings. The number of benzene rings is 1. The van der Waals surface area contributed by atoms with Crippen LogP contribution in [0.5, 0.6) is 0 Å². The van der Waals surface area contributed by atoms with E-state index in [4.69, 9.17) is 11.6 Å². The predicted octanol–water partition coefficient (Wildman–Crippen LogP) is 3.79. The second kappa shape index (κ2) is 5.16. The van der Waals surface area contributed by atoms with Gasteiger partial charge in [-0.3, -0.25) is 0 Å². The van der Waals surface area contributed by atoms with Gasteiger partial charge in [0.05, 0.1) is 11.4 Å². The van der Waals surface area contributed by atoms with Crippen molar-refractivity contribution in [3.63, 3.8) is 0 Å². The molecule has 0 bridgehead atoms. The highest BCUT2D eigenvalue weighted by atomic mass is 35.5. The second-order valence-electron chi connectivity index (χ2n) is 4.23. The Labute approximate surface area is 111 Å². The van der Waals surface area contributed by atoms with E-state index >= 15 is 0 Å². The number of hydrogen-bond acceptors (Lipinski definition) is 3. The molecule has 0 atom stereocenters. The summed E-state index contributed by atoms with van der Waals surface area (Å²) in [5.74, 6) is 0.127. The van der Waals surface area contributed by atoms with Crippen molar-refractivity contribution in [2.45, 2.75) is 19.8 Å². The van der Waals surface area contributed by atoms with E-state index < -0.39 is 0 Å². The summed E-state index contributed by atoms with van der Waals surface area (Å²) in [6.07, 6.45) is 0. The largest absolute Gasteiger partial charge is 0.223 e. The molecular formula is C14H12ClN3. The van der Waals surface area contributed by atoms with Gasteiger partial charge in [0.1, 0.15) is 11.6 Å². The van der Waals surface area contributed by atoms with Crippen molar-refractivity contribution in [3.8, 4) is 17.3 Å². The highest BCUT2D eigenvalue weighted by Crippen LogP contribution is 2.27. The van der Waals surface area contributed by atoms with Gasteiger partial charge in [-0.2, -0.15) is 5.26 Å². The molecule has 90 valence electrons. The van der Waals surface area contributed by atoms with Gasteiger partial charge in [-0.25, -0.2) is 9.97 Å². The maximum atomic E-state index is 9.33. The van der Waals surface area contributed by atoms with Gasteiger partial charge in [-0.15, -0.1) is 0 Å². The molecule has 0 aliphatic heterocycles. The van der Waals surface area contributed by atoms with Crippen LogP contribution in [-0.4, -0.2) is 9.97 Å². The lowest BCUT2D eigenvalue weighted by Crippen LogP contribution is -2.03. The molecule has 0 spiro atoms. The van der Waals surface area contributed by atoms with Crippen LogP contribution in [0.1, 0.15) is 31.0 Å². The summed E-state index contributed by atoms with van der Waals surface area (Å²) in [4.78, 5) is 8.35. The fraction of sp³-hybridized carbons (Fsp3) is 0.214. The van der Waals surface area contributed by atoms with Crippen molar-refractivity contribution in [1.82, 2.24) is 9.97 Å². The Morgan fingerprint density at radius 1 is 1.17 bits per heavy atom. The van der Waals surface area contributed by atoms with Crippen LogP contribution in [-0.2, 0) is 0 Å². The monoisotopic (exact) mass is 257 g/mol. The van der Waals surface area contributed by atoms with Crippen LogP contribution < -0.4 is 0 Å². The normalized spacial score (nSPS) is 10.4. The predicted molar refractivity (Wildman–Crippen MR) is 71.3 cm³/mol. The third kappa shape index (κ3) is 2.34.